The van der Waals surface area contributed by atoms with Crippen molar-refractivity contribution < 1.29 is 28.5 Å². The molecule has 0 amide bonds. The Morgan fingerprint density at radius 1 is 1.11 bits per heavy atom. The second-order valence-corrected chi connectivity index (χ2v) is 11.0. The number of hydrogen-bond acceptors (Lipinski definition) is 9. The number of nitrogens with zero attached hydrogens (tertiary/aromatic N) is 3. The van der Waals surface area contributed by atoms with Gasteiger partial charge >= 0.3 is 0 Å². The fraction of sp³-hybridized carbons (Fsp3) is 0.480. The zero-order valence-electron chi connectivity index (χ0n) is 20.3. The van der Waals surface area contributed by atoms with Gasteiger partial charge < -0.3 is 29.9 Å². The molecule has 2 aliphatic rings. The molecule has 0 aromatic heterocycles. The third-order valence-corrected chi connectivity index (χ3v) is 8.20. The van der Waals surface area contributed by atoms with Gasteiger partial charge in [0, 0.05) is 31.9 Å². The van der Waals surface area contributed by atoms with E-state index in [1.807, 2.05) is 18.2 Å². The molecule has 2 fully saturated rings. The molecule has 0 radical (unpaired) electrons. The van der Waals surface area contributed by atoms with Crippen molar-refractivity contribution in [3.63, 3.8) is 0 Å². The number of hydrogen-bond donors (Lipinski definition) is 4. The molecule has 36 heavy (non-hydrogen) atoms. The lowest BCUT2D eigenvalue weighted by molar-refractivity contribution is -0.244. The van der Waals surface area contributed by atoms with Crippen LogP contribution in [0.1, 0.15) is 18.9 Å². The molecule has 194 valence electrons. The van der Waals surface area contributed by atoms with Gasteiger partial charge in [-0.2, -0.15) is 9.98 Å². The molecule has 0 aliphatic carbocycles. The molecule has 11 heteroatoms. The topological polar surface area (TPSA) is 146 Å². The first-order chi connectivity index (χ1) is 17.1. The molecule has 0 saturated carbocycles. The van der Waals surface area contributed by atoms with Crippen LogP contribution in [0.5, 0.6) is 0 Å². The van der Waals surface area contributed by atoms with Crippen molar-refractivity contribution in [2.24, 2.45) is 0 Å². The number of rotatable bonds is 6. The summed E-state index contributed by atoms with van der Waals surface area (Å²) in [5.41, 5.74) is 1.63. The van der Waals surface area contributed by atoms with E-state index >= 15 is 0 Å². The quantitative estimate of drug-likeness (QED) is 0.405. The maximum Gasteiger partial charge on any atom is 0.251 e. The van der Waals surface area contributed by atoms with E-state index in [9.17, 15) is 29.0 Å². The highest BCUT2D eigenvalue weighted by Crippen LogP contribution is 2.26. The first-order valence-electron chi connectivity index (χ1n) is 11.9. The van der Waals surface area contributed by atoms with Crippen molar-refractivity contribution >= 4 is 32.6 Å². The lowest BCUT2D eigenvalue weighted by Crippen LogP contribution is -2.63. The lowest BCUT2D eigenvalue weighted by atomic mass is 9.96. The third kappa shape index (κ3) is 5.55. The second kappa shape index (κ2) is 10.8. The number of allylic oxidation sites excluding steroid dienone is 1. The fourth-order valence-corrected chi connectivity index (χ4v) is 5.73. The maximum absolute atomic E-state index is 12.9. The number of benzene rings is 2. The molecular weight excluding hydrogens is 484 g/mol. The summed E-state index contributed by atoms with van der Waals surface area (Å²) >= 11 is 0. The largest absolute Gasteiger partial charge is 0.388 e. The SMILES string of the molecule is CC[C@H]1OC(O)[C@H](NS(=O)(=O)/C(C#N)=C/c2ccc3cc(N4CCN(C)CC4)ccc3c2)[C@@H](O)[C@@H]1O. The van der Waals surface area contributed by atoms with E-state index in [2.05, 4.69) is 27.6 Å². The molecule has 2 aromatic rings. The predicted molar refractivity (Wildman–Crippen MR) is 136 cm³/mol. The van der Waals surface area contributed by atoms with Crippen molar-refractivity contribution in [2.45, 2.75) is 44.0 Å². The summed E-state index contributed by atoms with van der Waals surface area (Å²) < 4.78 is 33.2. The van der Waals surface area contributed by atoms with Crippen LogP contribution in [0.15, 0.2) is 41.3 Å². The van der Waals surface area contributed by atoms with Crippen LogP contribution < -0.4 is 9.62 Å². The van der Waals surface area contributed by atoms with Crippen molar-refractivity contribution in [3.05, 3.63) is 46.9 Å². The molecule has 2 aliphatic heterocycles. The number of aliphatic hydroxyl groups excluding tert-OH is 3. The fourth-order valence-electron chi connectivity index (χ4n) is 4.58. The number of aliphatic hydroxyl groups is 3. The summed E-state index contributed by atoms with van der Waals surface area (Å²) in [6.07, 6.45) is -3.98. The van der Waals surface area contributed by atoms with Gasteiger partial charge in [-0.15, -0.1) is 0 Å². The number of piperazine rings is 1. The van der Waals surface area contributed by atoms with Crippen LogP contribution in [0.4, 0.5) is 5.69 Å². The molecule has 2 aromatic carbocycles. The molecule has 4 rings (SSSR count). The van der Waals surface area contributed by atoms with E-state index in [1.54, 1.807) is 25.1 Å². The van der Waals surface area contributed by atoms with Gasteiger partial charge in [0.15, 0.2) is 11.2 Å². The Balaban J connectivity index is 1.54. The van der Waals surface area contributed by atoms with Crippen molar-refractivity contribution in [2.75, 3.05) is 38.1 Å². The van der Waals surface area contributed by atoms with Gasteiger partial charge in [0.05, 0.1) is 6.10 Å². The summed E-state index contributed by atoms with van der Waals surface area (Å²) in [5, 5.41) is 42.2. The Morgan fingerprint density at radius 2 is 1.78 bits per heavy atom. The van der Waals surface area contributed by atoms with E-state index in [-0.39, 0.29) is 0 Å². The van der Waals surface area contributed by atoms with Gasteiger partial charge in [-0.25, -0.2) is 8.42 Å². The monoisotopic (exact) mass is 516 g/mol. The molecular formula is C25H32N4O6S. The maximum atomic E-state index is 12.9. The van der Waals surface area contributed by atoms with Crippen LogP contribution in [0.25, 0.3) is 16.8 Å². The first kappa shape index (κ1) is 26.5. The smallest absolute Gasteiger partial charge is 0.251 e. The van der Waals surface area contributed by atoms with Crippen LogP contribution in [-0.4, -0.2) is 92.5 Å². The summed E-state index contributed by atoms with van der Waals surface area (Å²) in [7, 11) is -2.33. The minimum absolute atomic E-state index is 0.316. The van der Waals surface area contributed by atoms with Gasteiger partial charge in [-0.3, -0.25) is 0 Å². The molecule has 2 heterocycles. The number of ether oxygens (including phenoxy) is 1. The van der Waals surface area contributed by atoms with Crippen LogP contribution in [-0.2, 0) is 14.8 Å². The first-order valence-corrected chi connectivity index (χ1v) is 13.4. The normalized spacial score (nSPS) is 28.3. The summed E-state index contributed by atoms with van der Waals surface area (Å²) in [5.74, 6) is 0. The number of likely N-dealkylation sites (N-methyl/N-ethyl adjacent to an activating group) is 1. The van der Waals surface area contributed by atoms with E-state index in [4.69, 9.17) is 4.74 Å². The Hall–Kier alpha value is -2.56. The predicted octanol–water partition coefficient (Wildman–Crippen LogP) is 0.593. The summed E-state index contributed by atoms with van der Waals surface area (Å²) in [6.45, 7) is 5.60. The standard InChI is InChI=1S/C25H32N4O6S/c1-3-21-23(30)24(31)22(25(32)35-21)27-36(33,34)20(15-26)13-16-4-5-18-14-19(7-6-17(18)12-16)29-10-8-28(2)9-11-29/h4-7,12-14,21-25,27,30-32H,3,8-11H2,1-2H3/b20-13+/t21-,22-,23-,24-,25?/m1/s1. The average Bonchev–Trinajstić information content (AvgIpc) is 2.87. The highest BCUT2D eigenvalue weighted by molar-refractivity contribution is 7.93. The Morgan fingerprint density at radius 3 is 2.44 bits per heavy atom. The molecule has 2 saturated heterocycles. The highest BCUT2D eigenvalue weighted by atomic mass is 32.2. The molecule has 1 unspecified atom stereocenters. The zero-order chi connectivity index (χ0) is 26.0. The van der Waals surface area contributed by atoms with Crippen LogP contribution in [0, 0.1) is 11.3 Å². The molecule has 0 spiro atoms. The zero-order valence-corrected chi connectivity index (χ0v) is 21.1. The van der Waals surface area contributed by atoms with Crippen molar-refractivity contribution in [1.82, 2.24) is 9.62 Å². The van der Waals surface area contributed by atoms with E-state index in [1.165, 1.54) is 6.08 Å². The Kier molecular flexibility index (Phi) is 7.96. The molecule has 4 N–H and O–H groups in total. The number of anilines is 1. The lowest BCUT2D eigenvalue weighted by Gasteiger charge is -2.40. The van der Waals surface area contributed by atoms with Crippen LogP contribution in [0.3, 0.4) is 0 Å². The third-order valence-electron chi connectivity index (χ3n) is 6.83. The minimum Gasteiger partial charge on any atom is -0.388 e. The second-order valence-electron chi connectivity index (χ2n) is 9.30. The van der Waals surface area contributed by atoms with E-state index < -0.39 is 45.6 Å². The summed E-state index contributed by atoms with van der Waals surface area (Å²) in [4.78, 5) is 4.03. The van der Waals surface area contributed by atoms with E-state index in [0.29, 0.717) is 12.0 Å². The van der Waals surface area contributed by atoms with Crippen LogP contribution in [0.2, 0.25) is 0 Å². The summed E-state index contributed by atoms with van der Waals surface area (Å²) in [6, 6.07) is 11.6. The van der Waals surface area contributed by atoms with Crippen LogP contribution >= 0.6 is 0 Å². The highest BCUT2D eigenvalue weighted by Gasteiger charge is 2.45. The Bertz CT molecular complexity index is 1270. The number of nitriles is 1. The van der Waals surface area contributed by atoms with E-state index in [0.717, 1.165) is 42.6 Å². The number of sulfonamides is 1. The minimum atomic E-state index is -4.43. The molecule has 5 atom stereocenters. The van der Waals surface area contributed by atoms with Gasteiger partial charge in [0.25, 0.3) is 10.0 Å². The van der Waals surface area contributed by atoms with Crippen molar-refractivity contribution in [3.8, 4) is 6.07 Å². The van der Waals surface area contributed by atoms with Gasteiger partial charge in [-0.1, -0.05) is 25.1 Å². The van der Waals surface area contributed by atoms with Gasteiger partial charge in [-0.05, 0) is 54.1 Å². The van der Waals surface area contributed by atoms with Gasteiger partial charge in [0.2, 0.25) is 0 Å². The average molecular weight is 517 g/mol. The number of fused-ring (bicyclic) bond motifs is 1. The van der Waals surface area contributed by atoms with Crippen molar-refractivity contribution in [1.29, 1.82) is 5.26 Å². The Labute approximate surface area is 211 Å². The molecule has 10 nitrogen and oxygen atoms in total. The molecule has 0 bridgehead atoms. The van der Waals surface area contributed by atoms with Gasteiger partial charge in [0.1, 0.15) is 24.3 Å². The number of nitrogens with one attached hydrogen (secondary N) is 1.